The fourth-order valence-electron chi connectivity index (χ4n) is 2.84. The van der Waals surface area contributed by atoms with Gasteiger partial charge in [-0.25, -0.2) is 9.97 Å². The molecule has 3 rings (SSSR count). The average molecular weight is 304 g/mol. The Morgan fingerprint density at radius 3 is 3.19 bits per heavy atom. The standard InChI is InChI=1S/C15H20N4OS/c1-11-17-13(10-21-11)8-15(20)18(2)9-12-3-5-19-6-4-16-14(19)7-12/h4,6,10,12H,3,5,7-9H2,1-2H3/t12-/m0/s1. The van der Waals surface area contributed by atoms with E-state index in [-0.39, 0.29) is 5.91 Å². The maximum atomic E-state index is 12.3. The zero-order chi connectivity index (χ0) is 14.8. The molecule has 0 unspecified atom stereocenters. The lowest BCUT2D eigenvalue weighted by molar-refractivity contribution is -0.129. The Hall–Kier alpha value is -1.69. The van der Waals surface area contributed by atoms with E-state index in [0.717, 1.165) is 42.5 Å². The molecule has 1 aliphatic heterocycles. The lowest BCUT2D eigenvalue weighted by Crippen LogP contribution is -2.35. The molecule has 0 spiro atoms. The number of nitrogens with zero attached hydrogens (tertiary/aromatic N) is 4. The van der Waals surface area contributed by atoms with Crippen LogP contribution in [0.5, 0.6) is 0 Å². The van der Waals surface area contributed by atoms with Gasteiger partial charge in [-0.2, -0.15) is 0 Å². The topological polar surface area (TPSA) is 51.0 Å². The predicted molar refractivity (Wildman–Crippen MR) is 82.2 cm³/mol. The molecule has 0 N–H and O–H groups in total. The van der Waals surface area contributed by atoms with E-state index in [1.54, 1.807) is 11.3 Å². The zero-order valence-corrected chi connectivity index (χ0v) is 13.3. The second-order valence-corrected chi connectivity index (χ2v) is 6.77. The molecule has 21 heavy (non-hydrogen) atoms. The van der Waals surface area contributed by atoms with Crippen LogP contribution in [0, 0.1) is 12.8 Å². The number of carbonyl (C=O) groups is 1. The van der Waals surface area contributed by atoms with Gasteiger partial charge < -0.3 is 9.47 Å². The SMILES string of the molecule is Cc1nc(CC(=O)N(C)C[C@H]2CCn3ccnc3C2)cs1. The molecule has 2 aromatic heterocycles. The molecule has 2 aromatic rings. The minimum absolute atomic E-state index is 0.147. The number of aromatic nitrogens is 3. The highest BCUT2D eigenvalue weighted by molar-refractivity contribution is 7.09. The number of thiazole rings is 1. The number of hydrogen-bond acceptors (Lipinski definition) is 4. The minimum atomic E-state index is 0.147. The second kappa shape index (κ2) is 5.97. The van der Waals surface area contributed by atoms with Crippen LogP contribution in [-0.4, -0.2) is 38.9 Å². The number of likely N-dealkylation sites (N-methyl/N-ethyl adjacent to an activating group) is 1. The highest BCUT2D eigenvalue weighted by Crippen LogP contribution is 2.20. The normalized spacial score (nSPS) is 17.5. The number of amides is 1. The van der Waals surface area contributed by atoms with Crippen LogP contribution >= 0.6 is 11.3 Å². The van der Waals surface area contributed by atoms with Crippen LogP contribution in [0.2, 0.25) is 0 Å². The summed E-state index contributed by atoms with van der Waals surface area (Å²) in [6, 6.07) is 0. The first-order valence-corrected chi connectivity index (χ1v) is 8.15. The van der Waals surface area contributed by atoms with Gasteiger partial charge in [0.2, 0.25) is 5.91 Å². The van der Waals surface area contributed by atoms with Gasteiger partial charge >= 0.3 is 0 Å². The molecule has 0 bridgehead atoms. The largest absolute Gasteiger partial charge is 0.345 e. The Labute approximate surface area is 128 Å². The smallest absolute Gasteiger partial charge is 0.228 e. The molecule has 1 amide bonds. The molecule has 112 valence electrons. The Morgan fingerprint density at radius 1 is 1.57 bits per heavy atom. The summed E-state index contributed by atoms with van der Waals surface area (Å²) in [6.45, 7) is 3.77. The number of carbonyl (C=O) groups excluding carboxylic acids is 1. The molecule has 6 heteroatoms. The number of aryl methyl sites for hydroxylation is 2. The molecule has 5 nitrogen and oxygen atoms in total. The van der Waals surface area contributed by atoms with Crippen molar-refractivity contribution in [3.05, 3.63) is 34.3 Å². The molecular formula is C15H20N4OS. The van der Waals surface area contributed by atoms with Gasteiger partial charge in [-0.1, -0.05) is 0 Å². The van der Waals surface area contributed by atoms with Crippen LogP contribution in [0.15, 0.2) is 17.8 Å². The van der Waals surface area contributed by atoms with Crippen LogP contribution in [0.4, 0.5) is 0 Å². The van der Waals surface area contributed by atoms with Gasteiger partial charge in [0.15, 0.2) is 0 Å². The third-order valence-electron chi connectivity index (χ3n) is 4.01. The average Bonchev–Trinajstić information content (AvgIpc) is 3.07. The maximum Gasteiger partial charge on any atom is 0.228 e. The van der Waals surface area contributed by atoms with Crippen molar-refractivity contribution in [1.29, 1.82) is 0 Å². The Bertz CT molecular complexity index is 633. The summed E-state index contributed by atoms with van der Waals surface area (Å²) in [4.78, 5) is 22.8. The van der Waals surface area contributed by atoms with Gasteiger partial charge in [-0.15, -0.1) is 11.3 Å². The van der Waals surface area contributed by atoms with Gasteiger partial charge in [0.1, 0.15) is 5.82 Å². The summed E-state index contributed by atoms with van der Waals surface area (Å²) in [5.74, 6) is 1.79. The molecule has 1 atom stereocenters. The first kappa shape index (κ1) is 14.3. The van der Waals surface area contributed by atoms with E-state index < -0.39 is 0 Å². The van der Waals surface area contributed by atoms with E-state index in [2.05, 4.69) is 14.5 Å². The second-order valence-electron chi connectivity index (χ2n) is 5.70. The lowest BCUT2D eigenvalue weighted by Gasteiger charge is -2.27. The Morgan fingerprint density at radius 2 is 2.43 bits per heavy atom. The van der Waals surface area contributed by atoms with Crippen molar-refractivity contribution in [3.8, 4) is 0 Å². The number of rotatable bonds is 4. The number of imidazole rings is 1. The van der Waals surface area contributed by atoms with Gasteiger partial charge in [0.25, 0.3) is 0 Å². The van der Waals surface area contributed by atoms with E-state index in [9.17, 15) is 4.79 Å². The van der Waals surface area contributed by atoms with E-state index in [1.165, 1.54) is 0 Å². The van der Waals surface area contributed by atoms with Gasteiger partial charge in [-0.3, -0.25) is 4.79 Å². The van der Waals surface area contributed by atoms with E-state index in [0.29, 0.717) is 12.3 Å². The number of fused-ring (bicyclic) bond motifs is 1. The molecule has 0 aromatic carbocycles. The fraction of sp³-hybridized carbons (Fsp3) is 0.533. The summed E-state index contributed by atoms with van der Waals surface area (Å²) in [6.07, 6.45) is 6.36. The van der Waals surface area contributed by atoms with Crippen molar-refractivity contribution >= 4 is 17.2 Å². The van der Waals surface area contributed by atoms with E-state index in [1.807, 2.05) is 36.6 Å². The van der Waals surface area contributed by atoms with Crippen molar-refractivity contribution in [2.75, 3.05) is 13.6 Å². The van der Waals surface area contributed by atoms with Crippen molar-refractivity contribution in [2.45, 2.75) is 32.7 Å². The predicted octanol–water partition coefficient (Wildman–Crippen LogP) is 1.91. The summed E-state index contributed by atoms with van der Waals surface area (Å²) in [5.41, 5.74) is 0.883. The van der Waals surface area contributed by atoms with Crippen molar-refractivity contribution < 1.29 is 4.79 Å². The van der Waals surface area contributed by atoms with Crippen LogP contribution < -0.4 is 0 Å². The van der Waals surface area contributed by atoms with Crippen LogP contribution in [0.1, 0.15) is 22.9 Å². The lowest BCUT2D eigenvalue weighted by atomic mass is 9.97. The molecule has 0 aliphatic carbocycles. The summed E-state index contributed by atoms with van der Waals surface area (Å²) < 4.78 is 2.20. The molecular weight excluding hydrogens is 284 g/mol. The minimum Gasteiger partial charge on any atom is -0.345 e. The third kappa shape index (κ3) is 3.32. The van der Waals surface area contributed by atoms with Crippen LogP contribution in [0.3, 0.4) is 0 Å². The van der Waals surface area contributed by atoms with Gasteiger partial charge in [0, 0.05) is 44.3 Å². The first-order chi connectivity index (χ1) is 10.1. The molecule has 0 radical (unpaired) electrons. The summed E-state index contributed by atoms with van der Waals surface area (Å²) in [7, 11) is 1.89. The molecule has 1 aliphatic rings. The van der Waals surface area contributed by atoms with Crippen LogP contribution in [0.25, 0.3) is 0 Å². The van der Waals surface area contributed by atoms with Crippen molar-refractivity contribution in [3.63, 3.8) is 0 Å². The van der Waals surface area contributed by atoms with Crippen LogP contribution in [-0.2, 0) is 24.2 Å². The summed E-state index contributed by atoms with van der Waals surface area (Å²) in [5, 5.41) is 2.98. The highest BCUT2D eigenvalue weighted by atomic mass is 32.1. The Kier molecular flexibility index (Phi) is 4.05. The third-order valence-corrected chi connectivity index (χ3v) is 4.83. The van der Waals surface area contributed by atoms with Crippen molar-refractivity contribution in [2.24, 2.45) is 5.92 Å². The molecule has 0 saturated carbocycles. The molecule has 0 saturated heterocycles. The quantitative estimate of drug-likeness (QED) is 0.867. The highest BCUT2D eigenvalue weighted by Gasteiger charge is 2.22. The summed E-state index contributed by atoms with van der Waals surface area (Å²) >= 11 is 1.59. The monoisotopic (exact) mass is 304 g/mol. The maximum absolute atomic E-state index is 12.3. The molecule has 3 heterocycles. The Balaban J connectivity index is 1.54. The van der Waals surface area contributed by atoms with E-state index >= 15 is 0 Å². The zero-order valence-electron chi connectivity index (χ0n) is 12.5. The molecule has 0 fully saturated rings. The first-order valence-electron chi connectivity index (χ1n) is 7.27. The van der Waals surface area contributed by atoms with Gasteiger partial charge in [-0.05, 0) is 19.3 Å². The van der Waals surface area contributed by atoms with E-state index in [4.69, 9.17) is 0 Å². The fourth-order valence-corrected chi connectivity index (χ4v) is 3.45. The number of hydrogen-bond donors (Lipinski definition) is 0. The van der Waals surface area contributed by atoms with Gasteiger partial charge in [0.05, 0.1) is 17.1 Å². The van der Waals surface area contributed by atoms with Crippen molar-refractivity contribution in [1.82, 2.24) is 19.4 Å².